The number of aromatic hydroxyl groups is 2. The molecule has 94 valence electrons. The minimum Gasteiger partial charge on any atom is -0.504 e. The lowest BCUT2D eigenvalue weighted by atomic mass is 10.2. The number of rotatable bonds is 4. The third-order valence-corrected chi connectivity index (χ3v) is 2.61. The van der Waals surface area contributed by atoms with Gasteiger partial charge in [0.05, 0.1) is 0 Å². The highest BCUT2D eigenvalue weighted by Crippen LogP contribution is 2.24. The Hall–Kier alpha value is -2.07. The number of phenolic OH excluding ortho intramolecular Hbond substituents is 2. The van der Waals surface area contributed by atoms with Crippen LogP contribution in [0.5, 0.6) is 11.5 Å². The molecule has 0 bridgehead atoms. The van der Waals surface area contributed by atoms with Crippen LogP contribution in [0, 0.1) is 5.82 Å². The Morgan fingerprint density at radius 1 is 0.833 bits per heavy atom. The third-order valence-electron chi connectivity index (χ3n) is 2.61. The molecular formula is C14H14FNO2. The van der Waals surface area contributed by atoms with Crippen molar-refractivity contribution >= 4 is 0 Å². The molecule has 0 saturated heterocycles. The summed E-state index contributed by atoms with van der Waals surface area (Å²) in [4.78, 5) is 0. The van der Waals surface area contributed by atoms with Crippen LogP contribution in [0.4, 0.5) is 4.39 Å². The molecule has 0 fully saturated rings. The van der Waals surface area contributed by atoms with E-state index < -0.39 is 0 Å². The van der Waals surface area contributed by atoms with Crippen molar-refractivity contribution in [1.29, 1.82) is 0 Å². The summed E-state index contributed by atoms with van der Waals surface area (Å²) in [6, 6.07) is 11.0. The van der Waals surface area contributed by atoms with E-state index in [-0.39, 0.29) is 17.3 Å². The molecule has 0 unspecified atom stereocenters. The SMILES string of the molecule is Oc1ccc(CNCc2ccc(F)cc2)cc1O. The first-order valence-electron chi connectivity index (χ1n) is 5.61. The van der Waals surface area contributed by atoms with Gasteiger partial charge in [-0.15, -0.1) is 0 Å². The van der Waals surface area contributed by atoms with E-state index in [9.17, 15) is 9.50 Å². The van der Waals surface area contributed by atoms with Crippen LogP contribution in [0.25, 0.3) is 0 Å². The second kappa shape index (κ2) is 5.51. The molecule has 2 rings (SSSR count). The lowest BCUT2D eigenvalue weighted by Gasteiger charge is -2.06. The lowest BCUT2D eigenvalue weighted by Crippen LogP contribution is -2.12. The molecule has 0 radical (unpaired) electrons. The first kappa shape index (κ1) is 12.4. The molecule has 2 aromatic carbocycles. The standard InChI is InChI=1S/C14H14FNO2/c15-12-4-1-10(2-5-12)8-16-9-11-3-6-13(17)14(18)7-11/h1-7,16-18H,8-9H2. The molecule has 0 aliphatic carbocycles. The molecule has 0 aliphatic rings. The van der Waals surface area contributed by atoms with E-state index in [1.54, 1.807) is 18.2 Å². The van der Waals surface area contributed by atoms with Gasteiger partial charge in [-0.1, -0.05) is 18.2 Å². The topological polar surface area (TPSA) is 52.5 Å². The van der Waals surface area contributed by atoms with Crippen molar-refractivity contribution in [1.82, 2.24) is 5.32 Å². The number of phenols is 2. The number of hydrogen-bond donors (Lipinski definition) is 3. The van der Waals surface area contributed by atoms with Crippen LogP contribution in [0.2, 0.25) is 0 Å². The predicted octanol–water partition coefficient (Wildman–Crippen LogP) is 2.53. The van der Waals surface area contributed by atoms with Gasteiger partial charge < -0.3 is 15.5 Å². The van der Waals surface area contributed by atoms with Crippen molar-refractivity contribution in [3.05, 3.63) is 59.4 Å². The van der Waals surface area contributed by atoms with Gasteiger partial charge in [0.15, 0.2) is 11.5 Å². The van der Waals surface area contributed by atoms with Crippen molar-refractivity contribution in [3.63, 3.8) is 0 Å². The van der Waals surface area contributed by atoms with Crippen LogP contribution in [0.1, 0.15) is 11.1 Å². The fourth-order valence-electron chi connectivity index (χ4n) is 1.63. The molecule has 3 nitrogen and oxygen atoms in total. The second-order valence-electron chi connectivity index (χ2n) is 4.05. The number of nitrogens with one attached hydrogen (secondary N) is 1. The predicted molar refractivity (Wildman–Crippen MR) is 66.7 cm³/mol. The van der Waals surface area contributed by atoms with E-state index in [1.807, 2.05) is 0 Å². The highest BCUT2D eigenvalue weighted by Gasteiger charge is 2.00. The molecule has 0 amide bonds. The maximum atomic E-state index is 12.7. The fraction of sp³-hybridized carbons (Fsp3) is 0.143. The van der Waals surface area contributed by atoms with Crippen molar-refractivity contribution in [2.45, 2.75) is 13.1 Å². The van der Waals surface area contributed by atoms with Gasteiger partial charge in [0, 0.05) is 13.1 Å². The molecule has 0 aromatic heterocycles. The maximum absolute atomic E-state index is 12.7. The Bertz CT molecular complexity index is 526. The molecule has 4 heteroatoms. The Labute approximate surface area is 105 Å². The van der Waals surface area contributed by atoms with Gasteiger partial charge in [0.2, 0.25) is 0 Å². The first-order valence-corrected chi connectivity index (χ1v) is 5.61. The molecule has 0 aliphatic heterocycles. The van der Waals surface area contributed by atoms with E-state index in [0.717, 1.165) is 11.1 Å². The van der Waals surface area contributed by atoms with Crippen LogP contribution in [0.3, 0.4) is 0 Å². The van der Waals surface area contributed by atoms with Gasteiger partial charge in [-0.05, 0) is 35.4 Å². The summed E-state index contributed by atoms with van der Waals surface area (Å²) < 4.78 is 12.7. The van der Waals surface area contributed by atoms with Gasteiger partial charge in [0.1, 0.15) is 5.82 Å². The van der Waals surface area contributed by atoms with E-state index in [1.165, 1.54) is 24.3 Å². The molecule has 3 N–H and O–H groups in total. The molecular weight excluding hydrogens is 233 g/mol. The maximum Gasteiger partial charge on any atom is 0.157 e. The molecule has 0 heterocycles. The van der Waals surface area contributed by atoms with Crippen LogP contribution in [-0.4, -0.2) is 10.2 Å². The summed E-state index contributed by atoms with van der Waals surface area (Å²) in [6.45, 7) is 1.17. The second-order valence-corrected chi connectivity index (χ2v) is 4.05. The van der Waals surface area contributed by atoms with Gasteiger partial charge in [-0.2, -0.15) is 0 Å². The molecule has 2 aromatic rings. The summed E-state index contributed by atoms with van der Waals surface area (Å²) >= 11 is 0. The molecule has 0 saturated carbocycles. The Balaban J connectivity index is 1.88. The average molecular weight is 247 g/mol. The van der Waals surface area contributed by atoms with E-state index in [0.29, 0.717) is 13.1 Å². The zero-order valence-corrected chi connectivity index (χ0v) is 9.73. The minimum absolute atomic E-state index is 0.128. The molecule has 0 atom stereocenters. The quantitative estimate of drug-likeness (QED) is 0.728. The zero-order chi connectivity index (χ0) is 13.0. The summed E-state index contributed by atoms with van der Waals surface area (Å²) in [7, 11) is 0. The minimum atomic E-state index is -0.248. The van der Waals surface area contributed by atoms with Gasteiger partial charge in [-0.25, -0.2) is 4.39 Å². The normalized spacial score (nSPS) is 10.5. The Morgan fingerprint density at radius 2 is 1.44 bits per heavy atom. The Morgan fingerprint density at radius 3 is 2.11 bits per heavy atom. The first-order chi connectivity index (χ1) is 8.65. The van der Waals surface area contributed by atoms with E-state index in [2.05, 4.69) is 5.32 Å². The molecule has 18 heavy (non-hydrogen) atoms. The van der Waals surface area contributed by atoms with Crippen molar-refractivity contribution in [2.75, 3.05) is 0 Å². The number of benzene rings is 2. The number of halogens is 1. The monoisotopic (exact) mass is 247 g/mol. The third kappa shape index (κ3) is 3.21. The average Bonchev–Trinajstić information content (AvgIpc) is 2.36. The summed E-state index contributed by atoms with van der Waals surface area (Å²) in [6.07, 6.45) is 0. The van der Waals surface area contributed by atoms with Crippen molar-refractivity contribution in [2.24, 2.45) is 0 Å². The van der Waals surface area contributed by atoms with Crippen LogP contribution >= 0.6 is 0 Å². The van der Waals surface area contributed by atoms with Gasteiger partial charge in [-0.3, -0.25) is 0 Å². The lowest BCUT2D eigenvalue weighted by molar-refractivity contribution is 0.403. The van der Waals surface area contributed by atoms with Crippen LogP contribution < -0.4 is 5.32 Å². The van der Waals surface area contributed by atoms with E-state index in [4.69, 9.17) is 5.11 Å². The fourth-order valence-corrected chi connectivity index (χ4v) is 1.63. The molecule has 0 spiro atoms. The van der Waals surface area contributed by atoms with Crippen molar-refractivity contribution < 1.29 is 14.6 Å². The summed E-state index contributed by atoms with van der Waals surface area (Å²) in [5.74, 6) is -0.504. The Kier molecular flexibility index (Phi) is 3.79. The summed E-state index contributed by atoms with van der Waals surface area (Å²) in [5.41, 5.74) is 1.85. The highest BCUT2D eigenvalue weighted by atomic mass is 19.1. The number of hydrogen-bond acceptors (Lipinski definition) is 3. The van der Waals surface area contributed by atoms with Crippen LogP contribution in [0.15, 0.2) is 42.5 Å². The van der Waals surface area contributed by atoms with Crippen LogP contribution in [-0.2, 0) is 13.1 Å². The smallest absolute Gasteiger partial charge is 0.157 e. The van der Waals surface area contributed by atoms with E-state index >= 15 is 0 Å². The zero-order valence-electron chi connectivity index (χ0n) is 9.73. The summed E-state index contributed by atoms with van der Waals surface area (Å²) in [5, 5.41) is 21.7. The van der Waals surface area contributed by atoms with Crippen molar-refractivity contribution in [3.8, 4) is 11.5 Å². The highest BCUT2D eigenvalue weighted by molar-refractivity contribution is 5.40. The van der Waals surface area contributed by atoms with Gasteiger partial charge >= 0.3 is 0 Å². The largest absolute Gasteiger partial charge is 0.504 e. The van der Waals surface area contributed by atoms with Gasteiger partial charge in [0.25, 0.3) is 0 Å².